The summed E-state index contributed by atoms with van der Waals surface area (Å²) >= 11 is 0. The third-order valence-corrected chi connectivity index (χ3v) is 2.62. The van der Waals surface area contributed by atoms with Gasteiger partial charge in [-0.2, -0.15) is 0 Å². The molecule has 0 aliphatic rings. The Balaban J connectivity index is 2.70. The molecule has 0 saturated carbocycles. The molecular formula is C14H15F2NO3. The van der Waals surface area contributed by atoms with Crippen LogP contribution >= 0.6 is 0 Å². The number of carbonyl (C=O) groups is 2. The minimum Gasteiger partial charge on any atom is -0.480 e. The van der Waals surface area contributed by atoms with Gasteiger partial charge in [0.2, 0.25) is 5.91 Å². The molecule has 1 aromatic carbocycles. The van der Waals surface area contributed by atoms with E-state index in [1.807, 2.05) is 0 Å². The number of benzene rings is 1. The van der Waals surface area contributed by atoms with Crippen molar-refractivity contribution in [2.45, 2.75) is 25.8 Å². The molecule has 0 spiro atoms. The summed E-state index contributed by atoms with van der Waals surface area (Å²) in [5, 5.41) is 11.2. The molecule has 20 heavy (non-hydrogen) atoms. The Hall–Kier alpha value is -2.24. The Labute approximate surface area is 115 Å². The van der Waals surface area contributed by atoms with Gasteiger partial charge in [-0.3, -0.25) is 4.79 Å². The van der Waals surface area contributed by atoms with Crippen LogP contribution in [0.25, 0.3) is 0 Å². The van der Waals surface area contributed by atoms with E-state index in [9.17, 15) is 18.4 Å². The minimum absolute atomic E-state index is 0.113. The molecule has 0 aromatic heterocycles. The number of hydrogen-bond acceptors (Lipinski definition) is 2. The Morgan fingerprint density at radius 2 is 2.10 bits per heavy atom. The second-order valence-electron chi connectivity index (χ2n) is 4.15. The van der Waals surface area contributed by atoms with Gasteiger partial charge in [0.05, 0.1) is 6.42 Å². The molecule has 2 N–H and O–H groups in total. The molecule has 0 bridgehead atoms. The van der Waals surface area contributed by atoms with Crippen molar-refractivity contribution in [3.05, 3.63) is 47.5 Å². The van der Waals surface area contributed by atoms with E-state index in [1.54, 1.807) is 19.1 Å². The second-order valence-corrected chi connectivity index (χ2v) is 4.15. The quantitative estimate of drug-likeness (QED) is 0.785. The lowest BCUT2D eigenvalue weighted by Crippen LogP contribution is -2.41. The average Bonchev–Trinajstić information content (AvgIpc) is 2.39. The van der Waals surface area contributed by atoms with Gasteiger partial charge >= 0.3 is 5.97 Å². The lowest BCUT2D eigenvalue weighted by Gasteiger charge is -2.13. The SMILES string of the molecule is C/C=C/CC(NC(=O)Cc1cccc(F)c1F)C(=O)O. The lowest BCUT2D eigenvalue weighted by atomic mass is 10.1. The molecule has 0 saturated heterocycles. The Bertz CT molecular complexity index is 529. The van der Waals surface area contributed by atoms with Crippen molar-refractivity contribution in [1.82, 2.24) is 5.32 Å². The largest absolute Gasteiger partial charge is 0.480 e. The van der Waals surface area contributed by atoms with E-state index in [4.69, 9.17) is 5.11 Å². The van der Waals surface area contributed by atoms with Gasteiger partial charge in [-0.05, 0) is 19.4 Å². The van der Waals surface area contributed by atoms with E-state index in [1.165, 1.54) is 12.1 Å². The molecule has 1 aromatic rings. The molecule has 0 aliphatic heterocycles. The Kier molecular flexibility index (Phi) is 5.83. The zero-order valence-corrected chi connectivity index (χ0v) is 10.9. The van der Waals surface area contributed by atoms with Gasteiger partial charge in [-0.15, -0.1) is 0 Å². The zero-order valence-electron chi connectivity index (χ0n) is 10.9. The Morgan fingerprint density at radius 3 is 2.70 bits per heavy atom. The second kappa shape index (κ2) is 7.37. The summed E-state index contributed by atoms with van der Waals surface area (Å²) in [6.45, 7) is 1.73. The molecule has 108 valence electrons. The van der Waals surface area contributed by atoms with Gasteiger partial charge in [-0.25, -0.2) is 13.6 Å². The standard InChI is InChI=1S/C14H15F2NO3/c1-2-3-7-11(14(19)20)17-12(18)8-9-5-4-6-10(15)13(9)16/h2-6,11H,7-8H2,1H3,(H,17,18)(H,19,20)/b3-2+. The van der Waals surface area contributed by atoms with Crippen molar-refractivity contribution in [2.24, 2.45) is 0 Å². The first kappa shape index (κ1) is 15.8. The highest BCUT2D eigenvalue weighted by molar-refractivity contribution is 5.85. The summed E-state index contributed by atoms with van der Waals surface area (Å²) in [6, 6.07) is 2.42. The third-order valence-electron chi connectivity index (χ3n) is 2.62. The van der Waals surface area contributed by atoms with Crippen LogP contribution in [-0.4, -0.2) is 23.0 Å². The van der Waals surface area contributed by atoms with Crippen molar-refractivity contribution in [2.75, 3.05) is 0 Å². The van der Waals surface area contributed by atoms with Crippen molar-refractivity contribution < 1.29 is 23.5 Å². The maximum atomic E-state index is 13.4. The molecule has 0 heterocycles. The van der Waals surface area contributed by atoms with Gasteiger partial charge < -0.3 is 10.4 Å². The molecule has 6 heteroatoms. The van der Waals surface area contributed by atoms with Crippen molar-refractivity contribution in [1.29, 1.82) is 0 Å². The van der Waals surface area contributed by atoms with Crippen molar-refractivity contribution in [3.63, 3.8) is 0 Å². The maximum absolute atomic E-state index is 13.4. The fourth-order valence-electron chi connectivity index (χ4n) is 1.60. The van der Waals surface area contributed by atoms with Gasteiger partial charge in [0.15, 0.2) is 11.6 Å². The maximum Gasteiger partial charge on any atom is 0.326 e. The van der Waals surface area contributed by atoms with Gasteiger partial charge in [-0.1, -0.05) is 24.3 Å². The molecule has 0 fully saturated rings. The Morgan fingerprint density at radius 1 is 1.40 bits per heavy atom. The van der Waals surface area contributed by atoms with Crippen molar-refractivity contribution >= 4 is 11.9 Å². The topological polar surface area (TPSA) is 66.4 Å². The van der Waals surface area contributed by atoms with Crippen LogP contribution < -0.4 is 5.32 Å². The summed E-state index contributed by atoms with van der Waals surface area (Å²) in [4.78, 5) is 22.6. The number of carboxylic acids is 1. The molecule has 1 amide bonds. The first-order valence-corrected chi connectivity index (χ1v) is 6.02. The predicted octanol–water partition coefficient (Wildman–Crippen LogP) is 2.04. The summed E-state index contributed by atoms with van der Waals surface area (Å²) < 4.78 is 26.4. The van der Waals surface area contributed by atoms with Crippen molar-refractivity contribution in [3.8, 4) is 0 Å². The summed E-state index contributed by atoms with van der Waals surface area (Å²) in [6.07, 6.45) is 2.97. The number of amides is 1. The fourth-order valence-corrected chi connectivity index (χ4v) is 1.60. The van der Waals surface area contributed by atoms with Gasteiger partial charge in [0.25, 0.3) is 0 Å². The summed E-state index contributed by atoms with van der Waals surface area (Å²) in [5.41, 5.74) is -0.113. The highest BCUT2D eigenvalue weighted by Gasteiger charge is 2.19. The summed E-state index contributed by atoms with van der Waals surface area (Å²) in [5.74, 6) is -4.00. The number of nitrogens with one attached hydrogen (secondary N) is 1. The molecule has 1 atom stereocenters. The molecule has 4 nitrogen and oxygen atoms in total. The predicted molar refractivity (Wildman–Crippen MR) is 69.1 cm³/mol. The number of carboxylic acid groups (broad SMARTS) is 1. The highest BCUT2D eigenvalue weighted by Crippen LogP contribution is 2.12. The zero-order chi connectivity index (χ0) is 15.1. The van der Waals surface area contributed by atoms with Crippen LogP contribution in [0.2, 0.25) is 0 Å². The monoisotopic (exact) mass is 283 g/mol. The number of aliphatic carboxylic acids is 1. The molecule has 1 unspecified atom stereocenters. The van der Waals surface area contributed by atoms with Crippen LogP contribution in [0.3, 0.4) is 0 Å². The smallest absolute Gasteiger partial charge is 0.326 e. The molecule has 0 aliphatic carbocycles. The van der Waals surface area contributed by atoms with E-state index < -0.39 is 36.0 Å². The molecular weight excluding hydrogens is 268 g/mol. The van der Waals surface area contributed by atoms with Gasteiger partial charge in [0, 0.05) is 5.56 Å². The van der Waals surface area contributed by atoms with E-state index in [-0.39, 0.29) is 12.0 Å². The fraction of sp³-hybridized carbons (Fsp3) is 0.286. The first-order chi connectivity index (χ1) is 9.45. The molecule has 0 radical (unpaired) electrons. The average molecular weight is 283 g/mol. The highest BCUT2D eigenvalue weighted by atomic mass is 19.2. The van der Waals surface area contributed by atoms with Gasteiger partial charge in [0.1, 0.15) is 6.04 Å². The number of carbonyl (C=O) groups excluding carboxylic acids is 1. The number of hydrogen-bond donors (Lipinski definition) is 2. The number of halogens is 2. The first-order valence-electron chi connectivity index (χ1n) is 6.02. The van der Waals surface area contributed by atoms with Crippen LogP contribution in [0, 0.1) is 11.6 Å². The van der Waals surface area contributed by atoms with Crippen LogP contribution in [-0.2, 0) is 16.0 Å². The lowest BCUT2D eigenvalue weighted by molar-refractivity contribution is -0.141. The van der Waals surface area contributed by atoms with Crippen LogP contribution in [0.5, 0.6) is 0 Å². The van der Waals surface area contributed by atoms with E-state index in [0.29, 0.717) is 0 Å². The van der Waals surface area contributed by atoms with E-state index in [2.05, 4.69) is 5.32 Å². The minimum atomic E-state index is -1.18. The van der Waals surface area contributed by atoms with Crippen LogP contribution in [0.4, 0.5) is 8.78 Å². The number of rotatable bonds is 6. The number of allylic oxidation sites excluding steroid dienone is 1. The third kappa shape index (κ3) is 4.46. The van der Waals surface area contributed by atoms with E-state index in [0.717, 1.165) is 6.07 Å². The summed E-state index contributed by atoms with van der Waals surface area (Å²) in [7, 11) is 0. The van der Waals surface area contributed by atoms with E-state index >= 15 is 0 Å². The normalized spacial score (nSPS) is 12.3. The molecule has 1 rings (SSSR count). The van der Waals surface area contributed by atoms with Crippen LogP contribution in [0.15, 0.2) is 30.4 Å². The van der Waals surface area contributed by atoms with Crippen LogP contribution in [0.1, 0.15) is 18.9 Å².